The van der Waals surface area contributed by atoms with Crippen molar-refractivity contribution in [2.24, 2.45) is 0 Å². The topological polar surface area (TPSA) is 72.9 Å². The van der Waals surface area contributed by atoms with Crippen LogP contribution in [0, 0.1) is 0 Å². The molecule has 0 heterocycles. The molecule has 0 aromatic carbocycles. The molecule has 0 fully saturated rings. The van der Waals surface area contributed by atoms with Crippen LogP contribution in [0.25, 0.3) is 0 Å². The van der Waals surface area contributed by atoms with E-state index in [9.17, 15) is 9.59 Å². The van der Waals surface area contributed by atoms with E-state index < -0.39 is 12.0 Å². The van der Waals surface area contributed by atoms with Gasteiger partial charge in [0, 0.05) is 20.1 Å². The number of aliphatic carboxylic acids is 1. The molecule has 0 bridgehead atoms. The standard InChI is InChI=1S/C10H21N3O3/c1-5-8(9(14)15)11-10(16)13(4)7-6-12(2)3/h8H,5-7H2,1-4H3,(H,11,16)(H,14,15). The number of likely N-dealkylation sites (N-methyl/N-ethyl adjacent to an activating group) is 2. The normalized spacial score (nSPS) is 12.3. The summed E-state index contributed by atoms with van der Waals surface area (Å²) in [7, 11) is 5.48. The number of carboxylic acid groups (broad SMARTS) is 1. The molecule has 0 saturated heterocycles. The van der Waals surface area contributed by atoms with E-state index in [0.717, 1.165) is 6.54 Å². The van der Waals surface area contributed by atoms with E-state index in [2.05, 4.69) is 5.32 Å². The Labute approximate surface area is 96.2 Å². The molecule has 0 spiro atoms. The van der Waals surface area contributed by atoms with E-state index in [1.165, 1.54) is 4.90 Å². The largest absolute Gasteiger partial charge is 0.480 e. The predicted molar refractivity (Wildman–Crippen MR) is 61.4 cm³/mol. The van der Waals surface area contributed by atoms with Gasteiger partial charge in [-0.05, 0) is 20.5 Å². The molecule has 0 radical (unpaired) electrons. The average Bonchev–Trinajstić information content (AvgIpc) is 2.21. The summed E-state index contributed by atoms with van der Waals surface area (Å²) in [6, 6.07) is -1.16. The Morgan fingerprint density at radius 1 is 1.25 bits per heavy atom. The highest BCUT2D eigenvalue weighted by Gasteiger charge is 2.19. The first kappa shape index (κ1) is 14.7. The van der Waals surface area contributed by atoms with Crippen LogP contribution < -0.4 is 5.32 Å². The molecule has 0 aromatic rings. The Morgan fingerprint density at radius 2 is 1.81 bits per heavy atom. The number of carbonyl (C=O) groups is 2. The molecule has 94 valence electrons. The second-order valence-corrected chi connectivity index (χ2v) is 3.97. The third kappa shape index (κ3) is 5.55. The van der Waals surface area contributed by atoms with E-state index >= 15 is 0 Å². The van der Waals surface area contributed by atoms with E-state index in [4.69, 9.17) is 5.11 Å². The lowest BCUT2D eigenvalue weighted by Crippen LogP contribution is -2.47. The molecule has 2 N–H and O–H groups in total. The fourth-order valence-electron chi connectivity index (χ4n) is 1.05. The Hall–Kier alpha value is -1.30. The summed E-state index contributed by atoms with van der Waals surface area (Å²) < 4.78 is 0. The minimum absolute atomic E-state index is 0.351. The fraction of sp³-hybridized carbons (Fsp3) is 0.800. The summed E-state index contributed by atoms with van der Waals surface area (Å²) in [5.74, 6) is -1.00. The number of hydrogen-bond acceptors (Lipinski definition) is 3. The smallest absolute Gasteiger partial charge is 0.326 e. The zero-order chi connectivity index (χ0) is 12.7. The number of rotatable bonds is 6. The molecule has 6 nitrogen and oxygen atoms in total. The van der Waals surface area contributed by atoms with Crippen molar-refractivity contribution in [2.45, 2.75) is 19.4 Å². The minimum Gasteiger partial charge on any atom is -0.480 e. The van der Waals surface area contributed by atoms with Gasteiger partial charge in [-0.1, -0.05) is 6.92 Å². The maximum atomic E-state index is 11.6. The summed E-state index contributed by atoms with van der Waals surface area (Å²) in [5, 5.41) is 11.2. The Balaban J connectivity index is 4.08. The third-order valence-electron chi connectivity index (χ3n) is 2.23. The van der Waals surface area contributed by atoms with Gasteiger partial charge in [-0.25, -0.2) is 9.59 Å². The van der Waals surface area contributed by atoms with E-state index in [1.54, 1.807) is 14.0 Å². The van der Waals surface area contributed by atoms with E-state index in [0.29, 0.717) is 13.0 Å². The molecule has 1 unspecified atom stereocenters. The van der Waals surface area contributed by atoms with Gasteiger partial charge in [-0.2, -0.15) is 0 Å². The molecule has 6 heteroatoms. The van der Waals surface area contributed by atoms with E-state index in [1.807, 2.05) is 19.0 Å². The zero-order valence-electron chi connectivity index (χ0n) is 10.4. The first-order valence-corrected chi connectivity index (χ1v) is 5.27. The van der Waals surface area contributed by atoms with Gasteiger partial charge in [-0.3, -0.25) is 0 Å². The molecule has 0 aliphatic rings. The number of carboxylic acids is 1. The van der Waals surface area contributed by atoms with Crippen molar-refractivity contribution < 1.29 is 14.7 Å². The summed E-state index contributed by atoms with van der Waals surface area (Å²) in [6.07, 6.45) is 0.378. The SMILES string of the molecule is CCC(NC(=O)N(C)CCN(C)C)C(=O)O. The highest BCUT2D eigenvalue weighted by molar-refractivity contribution is 5.82. The van der Waals surface area contributed by atoms with Crippen molar-refractivity contribution in [3.05, 3.63) is 0 Å². The quantitative estimate of drug-likeness (QED) is 0.677. The molecular formula is C10H21N3O3. The molecule has 0 saturated carbocycles. The van der Waals surface area contributed by atoms with Gasteiger partial charge in [0.25, 0.3) is 0 Å². The summed E-state index contributed by atoms with van der Waals surface area (Å²) in [5.41, 5.74) is 0. The van der Waals surface area contributed by atoms with Crippen molar-refractivity contribution in [1.82, 2.24) is 15.1 Å². The number of hydrogen-bond donors (Lipinski definition) is 2. The van der Waals surface area contributed by atoms with Crippen molar-refractivity contribution in [3.63, 3.8) is 0 Å². The highest BCUT2D eigenvalue weighted by Crippen LogP contribution is 1.94. The van der Waals surface area contributed by atoms with Crippen molar-refractivity contribution in [2.75, 3.05) is 34.2 Å². The molecule has 0 aromatic heterocycles. The van der Waals surface area contributed by atoms with Crippen molar-refractivity contribution in [3.8, 4) is 0 Å². The summed E-state index contributed by atoms with van der Waals surface area (Å²) >= 11 is 0. The maximum absolute atomic E-state index is 11.6. The highest BCUT2D eigenvalue weighted by atomic mass is 16.4. The Kier molecular flexibility index (Phi) is 6.48. The van der Waals surface area contributed by atoms with Crippen LogP contribution in [0.2, 0.25) is 0 Å². The average molecular weight is 231 g/mol. The first-order valence-electron chi connectivity index (χ1n) is 5.27. The molecule has 0 rings (SSSR count). The number of carbonyl (C=O) groups excluding carboxylic acids is 1. The van der Waals surface area contributed by atoms with Crippen LogP contribution in [-0.2, 0) is 4.79 Å². The summed E-state index contributed by atoms with van der Waals surface area (Å²) in [4.78, 5) is 25.7. The van der Waals surface area contributed by atoms with Crippen LogP contribution in [-0.4, -0.2) is 67.2 Å². The van der Waals surface area contributed by atoms with Crippen LogP contribution in [0.4, 0.5) is 4.79 Å². The first-order chi connectivity index (χ1) is 7.38. The van der Waals surface area contributed by atoms with Gasteiger partial charge in [-0.15, -0.1) is 0 Å². The van der Waals surface area contributed by atoms with Gasteiger partial charge in [0.15, 0.2) is 0 Å². The van der Waals surface area contributed by atoms with E-state index in [-0.39, 0.29) is 6.03 Å². The summed E-state index contributed by atoms with van der Waals surface area (Å²) in [6.45, 7) is 3.03. The second kappa shape index (κ2) is 7.05. The lowest BCUT2D eigenvalue weighted by molar-refractivity contribution is -0.139. The van der Waals surface area contributed by atoms with Crippen LogP contribution in [0.5, 0.6) is 0 Å². The molecule has 1 atom stereocenters. The zero-order valence-corrected chi connectivity index (χ0v) is 10.4. The Bertz CT molecular complexity index is 243. The minimum atomic E-state index is -1.00. The maximum Gasteiger partial charge on any atom is 0.326 e. The van der Waals surface area contributed by atoms with Crippen LogP contribution in [0.1, 0.15) is 13.3 Å². The number of nitrogens with one attached hydrogen (secondary N) is 1. The van der Waals surface area contributed by atoms with Gasteiger partial charge >= 0.3 is 12.0 Å². The van der Waals surface area contributed by atoms with Gasteiger partial charge in [0.05, 0.1) is 0 Å². The van der Waals surface area contributed by atoms with Crippen LogP contribution >= 0.6 is 0 Å². The monoisotopic (exact) mass is 231 g/mol. The fourth-order valence-corrected chi connectivity index (χ4v) is 1.05. The molecular weight excluding hydrogens is 210 g/mol. The van der Waals surface area contributed by atoms with Crippen LogP contribution in [0.15, 0.2) is 0 Å². The Morgan fingerprint density at radius 3 is 2.19 bits per heavy atom. The van der Waals surface area contributed by atoms with Crippen LogP contribution in [0.3, 0.4) is 0 Å². The number of amides is 2. The van der Waals surface area contributed by atoms with Crippen molar-refractivity contribution in [1.29, 1.82) is 0 Å². The second-order valence-electron chi connectivity index (χ2n) is 3.97. The lowest BCUT2D eigenvalue weighted by atomic mass is 10.2. The van der Waals surface area contributed by atoms with Crippen molar-refractivity contribution >= 4 is 12.0 Å². The molecule has 0 aliphatic heterocycles. The van der Waals surface area contributed by atoms with Gasteiger partial charge in [0.2, 0.25) is 0 Å². The van der Waals surface area contributed by atoms with Gasteiger partial charge < -0.3 is 20.2 Å². The predicted octanol–water partition coefficient (Wildman–Crippen LogP) is 0.0526. The van der Waals surface area contributed by atoms with Gasteiger partial charge in [0.1, 0.15) is 6.04 Å². The molecule has 2 amide bonds. The molecule has 0 aliphatic carbocycles. The number of nitrogens with zero attached hydrogens (tertiary/aromatic N) is 2. The third-order valence-corrected chi connectivity index (χ3v) is 2.23. The lowest BCUT2D eigenvalue weighted by Gasteiger charge is -2.22. The number of urea groups is 1. The molecule has 16 heavy (non-hydrogen) atoms.